The van der Waals surface area contributed by atoms with E-state index in [0.717, 1.165) is 18.9 Å². The van der Waals surface area contributed by atoms with E-state index in [1.54, 1.807) is 0 Å². The third-order valence-electron chi connectivity index (χ3n) is 5.00. The Balaban J connectivity index is 1.56. The molecule has 1 amide bonds. The third kappa shape index (κ3) is 5.02. The Labute approximate surface area is 174 Å². The molecule has 1 N–H and O–H groups in total. The van der Waals surface area contributed by atoms with Gasteiger partial charge in [0.25, 0.3) is 11.8 Å². The molecule has 3 heterocycles. The highest BCUT2D eigenvalue weighted by Gasteiger charge is 2.46. The summed E-state index contributed by atoms with van der Waals surface area (Å²) >= 11 is 0. The molecule has 0 spiro atoms. The number of pyridine rings is 2. The molecule has 1 saturated heterocycles. The second-order valence-corrected chi connectivity index (χ2v) is 7.69. The highest BCUT2D eigenvalue weighted by Crippen LogP contribution is 2.38. The zero-order valence-electron chi connectivity index (χ0n) is 16.2. The van der Waals surface area contributed by atoms with E-state index in [1.165, 1.54) is 35.4 Å². The van der Waals surface area contributed by atoms with Gasteiger partial charge in [0.05, 0.1) is 25.4 Å². The lowest BCUT2D eigenvalue weighted by atomic mass is 10.1. The lowest BCUT2D eigenvalue weighted by Gasteiger charge is -2.40. The van der Waals surface area contributed by atoms with E-state index in [-0.39, 0.29) is 23.0 Å². The van der Waals surface area contributed by atoms with Crippen molar-refractivity contribution in [2.75, 3.05) is 24.6 Å². The minimum absolute atomic E-state index is 0.0450. The molecule has 31 heavy (non-hydrogen) atoms. The van der Waals surface area contributed by atoms with E-state index in [2.05, 4.69) is 9.97 Å². The van der Waals surface area contributed by atoms with E-state index in [4.69, 9.17) is 4.74 Å². The summed E-state index contributed by atoms with van der Waals surface area (Å²) in [5.41, 5.74) is -0.403. The molecule has 6 nitrogen and oxygen atoms in total. The number of rotatable bonds is 7. The molecule has 0 aromatic carbocycles. The molecule has 2 aromatic heterocycles. The monoisotopic (exact) mass is 442 g/mol. The second kappa shape index (κ2) is 7.93. The van der Waals surface area contributed by atoms with Crippen LogP contribution in [0.5, 0.6) is 5.88 Å². The van der Waals surface area contributed by atoms with Crippen molar-refractivity contribution in [3.8, 4) is 5.88 Å². The Morgan fingerprint density at radius 3 is 2.55 bits per heavy atom. The molecule has 4 rings (SSSR count). The smallest absolute Gasteiger partial charge is 0.414 e. The molecule has 1 atom stereocenters. The average molecular weight is 442 g/mol. The van der Waals surface area contributed by atoms with Gasteiger partial charge >= 0.3 is 6.18 Å². The molecule has 1 aliphatic carbocycles. The number of carbonyl (C=O) groups excluding carboxylic acids is 1. The van der Waals surface area contributed by atoms with Crippen LogP contribution in [0, 0.1) is 5.92 Å². The van der Waals surface area contributed by atoms with Crippen molar-refractivity contribution in [1.29, 1.82) is 0 Å². The van der Waals surface area contributed by atoms with Crippen molar-refractivity contribution in [2.24, 2.45) is 5.92 Å². The average Bonchev–Trinajstić information content (AvgIpc) is 3.52. The maximum absolute atomic E-state index is 13.5. The summed E-state index contributed by atoms with van der Waals surface area (Å²) in [6, 6.07) is 4.23. The number of alkyl halides is 5. The highest BCUT2D eigenvalue weighted by molar-refractivity contribution is 5.93. The van der Waals surface area contributed by atoms with Crippen LogP contribution in [0.1, 0.15) is 35.1 Å². The summed E-state index contributed by atoms with van der Waals surface area (Å²) in [6.07, 6.45) is -1.65. The largest absolute Gasteiger partial charge is 0.476 e. The molecule has 1 saturated carbocycles. The maximum Gasteiger partial charge on any atom is 0.414 e. The predicted octanol–water partition coefficient (Wildman–Crippen LogP) is 3.75. The van der Waals surface area contributed by atoms with E-state index in [9.17, 15) is 26.7 Å². The van der Waals surface area contributed by atoms with Crippen LogP contribution in [0.3, 0.4) is 0 Å². The first-order valence-electron chi connectivity index (χ1n) is 9.67. The van der Waals surface area contributed by atoms with Crippen LogP contribution in [0.25, 0.3) is 0 Å². The first-order chi connectivity index (χ1) is 14.6. The van der Waals surface area contributed by atoms with Gasteiger partial charge in [0, 0.05) is 6.20 Å². The molecule has 2 fully saturated rings. The number of nitrogens with zero attached hydrogens (tertiary/aromatic N) is 3. The van der Waals surface area contributed by atoms with Crippen LogP contribution in [0.4, 0.5) is 27.6 Å². The van der Waals surface area contributed by atoms with Gasteiger partial charge in [-0.1, -0.05) is 6.07 Å². The van der Waals surface area contributed by atoms with Crippen LogP contribution < -0.4 is 15.0 Å². The lowest BCUT2D eigenvalue weighted by molar-refractivity contribution is -0.156. The van der Waals surface area contributed by atoms with Crippen LogP contribution in [-0.4, -0.2) is 47.7 Å². The number of nitrogens with one attached hydrogen (secondary N) is 1. The topological polar surface area (TPSA) is 67.4 Å². The normalized spacial score (nSPS) is 18.8. The zero-order chi connectivity index (χ0) is 22.2. The van der Waals surface area contributed by atoms with E-state index >= 15 is 0 Å². The highest BCUT2D eigenvalue weighted by atomic mass is 19.4. The van der Waals surface area contributed by atoms with Crippen LogP contribution in [0.2, 0.25) is 0 Å². The predicted molar refractivity (Wildman–Crippen MR) is 100 cm³/mol. The summed E-state index contributed by atoms with van der Waals surface area (Å²) < 4.78 is 72.7. The van der Waals surface area contributed by atoms with Crippen molar-refractivity contribution in [1.82, 2.24) is 15.3 Å². The van der Waals surface area contributed by atoms with Crippen molar-refractivity contribution in [3.63, 3.8) is 0 Å². The van der Waals surface area contributed by atoms with Gasteiger partial charge in [-0.15, -0.1) is 0 Å². The number of hydrogen-bond acceptors (Lipinski definition) is 5. The fourth-order valence-corrected chi connectivity index (χ4v) is 3.15. The van der Waals surface area contributed by atoms with E-state index in [1.807, 2.05) is 5.32 Å². The summed E-state index contributed by atoms with van der Waals surface area (Å²) in [6.45, 7) is -0.736. The summed E-state index contributed by atoms with van der Waals surface area (Å²) in [5.74, 6) is -3.63. The van der Waals surface area contributed by atoms with Crippen molar-refractivity contribution < 1.29 is 31.5 Å². The van der Waals surface area contributed by atoms with Gasteiger partial charge in [-0.2, -0.15) is 13.2 Å². The Kier molecular flexibility index (Phi) is 5.44. The Bertz CT molecular complexity index is 942. The van der Waals surface area contributed by atoms with Gasteiger partial charge in [0.15, 0.2) is 6.04 Å². The SMILES string of the molecule is O=C(NC(c1ccccn1)C(F)(F)F)c1ccc(N2CC(F)(F)C2)c(OCC2CC2)n1. The van der Waals surface area contributed by atoms with Gasteiger partial charge in [-0.05, 0) is 43.0 Å². The van der Waals surface area contributed by atoms with Gasteiger partial charge in [0.1, 0.15) is 11.4 Å². The molecular formula is C20H19F5N4O2. The Morgan fingerprint density at radius 2 is 1.97 bits per heavy atom. The molecular weight excluding hydrogens is 423 g/mol. The number of aromatic nitrogens is 2. The maximum atomic E-state index is 13.5. The van der Waals surface area contributed by atoms with Gasteiger partial charge in [-0.25, -0.2) is 13.8 Å². The van der Waals surface area contributed by atoms with Crippen molar-refractivity contribution in [3.05, 3.63) is 47.9 Å². The summed E-state index contributed by atoms with van der Waals surface area (Å²) in [5, 5.41) is 1.91. The summed E-state index contributed by atoms with van der Waals surface area (Å²) in [7, 11) is 0. The first-order valence-corrected chi connectivity index (χ1v) is 9.67. The standard InChI is InChI=1S/C20H19F5N4O2/c21-19(22)10-29(11-19)15-7-6-14(27-18(15)31-9-12-4-5-12)17(30)28-16(20(23,24)25)13-3-1-2-8-26-13/h1-3,6-8,12,16H,4-5,9-11H2,(H,28,30). The third-order valence-corrected chi connectivity index (χ3v) is 5.00. The number of carbonyl (C=O) groups is 1. The second-order valence-electron chi connectivity index (χ2n) is 7.69. The van der Waals surface area contributed by atoms with Gasteiger partial charge in [0.2, 0.25) is 5.88 Å². The molecule has 0 bridgehead atoms. The molecule has 1 unspecified atom stereocenters. The minimum Gasteiger partial charge on any atom is -0.476 e. The van der Waals surface area contributed by atoms with E-state index < -0.39 is 37.1 Å². The number of amides is 1. The number of anilines is 1. The molecule has 0 radical (unpaired) electrons. The minimum atomic E-state index is -4.78. The molecule has 1 aliphatic heterocycles. The quantitative estimate of drug-likeness (QED) is 0.662. The number of halogens is 5. The molecule has 166 valence electrons. The first kappa shape index (κ1) is 21.3. The number of hydrogen-bond donors (Lipinski definition) is 1. The summed E-state index contributed by atoms with van der Waals surface area (Å²) in [4.78, 5) is 21.6. The lowest BCUT2D eigenvalue weighted by Crippen LogP contribution is -2.56. The van der Waals surface area contributed by atoms with Crippen LogP contribution in [0.15, 0.2) is 36.5 Å². The molecule has 11 heteroatoms. The van der Waals surface area contributed by atoms with Crippen LogP contribution >= 0.6 is 0 Å². The molecule has 2 aromatic rings. The van der Waals surface area contributed by atoms with Crippen LogP contribution in [-0.2, 0) is 0 Å². The Hall–Kier alpha value is -2.98. The zero-order valence-corrected chi connectivity index (χ0v) is 16.2. The fourth-order valence-electron chi connectivity index (χ4n) is 3.15. The fraction of sp³-hybridized carbons (Fsp3) is 0.450. The number of ether oxygens (including phenoxy) is 1. The van der Waals surface area contributed by atoms with Crippen molar-refractivity contribution >= 4 is 11.6 Å². The van der Waals surface area contributed by atoms with Gasteiger partial charge < -0.3 is 15.0 Å². The Morgan fingerprint density at radius 1 is 1.23 bits per heavy atom. The molecule has 2 aliphatic rings. The van der Waals surface area contributed by atoms with E-state index in [0.29, 0.717) is 12.5 Å². The van der Waals surface area contributed by atoms with Crippen molar-refractivity contribution in [2.45, 2.75) is 31.0 Å². The van der Waals surface area contributed by atoms with Gasteiger partial charge in [-0.3, -0.25) is 9.78 Å².